The fraction of sp³-hybridized carbons (Fsp3) is 0.611. The van der Waals surface area contributed by atoms with E-state index in [1.165, 1.54) is 6.07 Å². The van der Waals surface area contributed by atoms with Crippen molar-refractivity contribution in [3.8, 4) is 0 Å². The number of halogens is 3. The van der Waals surface area contributed by atoms with Gasteiger partial charge in [0, 0.05) is 31.4 Å². The van der Waals surface area contributed by atoms with E-state index in [4.69, 9.17) is 10.5 Å². The summed E-state index contributed by atoms with van der Waals surface area (Å²) < 4.78 is 45.8. The summed E-state index contributed by atoms with van der Waals surface area (Å²) in [5, 5.41) is 2.63. The molecule has 2 atom stereocenters. The number of anilines is 1. The molecule has 1 saturated carbocycles. The zero-order valence-corrected chi connectivity index (χ0v) is 14.5. The van der Waals surface area contributed by atoms with Gasteiger partial charge in [-0.1, -0.05) is 12.5 Å². The van der Waals surface area contributed by atoms with Crippen molar-refractivity contribution in [1.29, 1.82) is 0 Å². The van der Waals surface area contributed by atoms with Crippen LogP contribution in [0.25, 0.3) is 0 Å². The Labute approximate surface area is 150 Å². The number of nitrogens with zero attached hydrogens (tertiary/aromatic N) is 1. The molecule has 1 amide bonds. The molecule has 0 aromatic heterocycles. The standard InChI is InChI=1S/C18H24F3N3O2/c19-18(20,21)15-10-13(24-6-8-26-9-7-24)5-4-12(15)11-23-17(25)14-2-1-3-16(14)22/h4-5,10,14,16H,1-3,6-9,11,22H2,(H,23,25). The molecule has 144 valence electrons. The van der Waals surface area contributed by atoms with Crippen LogP contribution in [-0.4, -0.2) is 38.3 Å². The lowest BCUT2D eigenvalue weighted by atomic mass is 10.0. The topological polar surface area (TPSA) is 67.6 Å². The largest absolute Gasteiger partial charge is 0.416 e. The second-order valence-electron chi connectivity index (χ2n) is 6.86. The predicted molar refractivity (Wildman–Crippen MR) is 91.6 cm³/mol. The molecule has 5 nitrogen and oxygen atoms in total. The molecule has 1 saturated heterocycles. The first-order valence-electron chi connectivity index (χ1n) is 8.92. The molecule has 2 fully saturated rings. The number of carbonyl (C=O) groups is 1. The van der Waals surface area contributed by atoms with Crippen LogP contribution in [0.3, 0.4) is 0 Å². The van der Waals surface area contributed by atoms with E-state index in [1.54, 1.807) is 6.07 Å². The van der Waals surface area contributed by atoms with E-state index in [0.717, 1.165) is 18.9 Å². The molecule has 1 aliphatic carbocycles. The smallest absolute Gasteiger partial charge is 0.378 e. The van der Waals surface area contributed by atoms with Crippen molar-refractivity contribution in [2.24, 2.45) is 11.7 Å². The van der Waals surface area contributed by atoms with Crippen LogP contribution in [0.2, 0.25) is 0 Å². The Morgan fingerprint density at radius 1 is 1.27 bits per heavy atom. The highest BCUT2D eigenvalue weighted by Gasteiger charge is 2.35. The first-order valence-corrected chi connectivity index (χ1v) is 8.92. The molecule has 3 rings (SSSR count). The number of hydrogen-bond acceptors (Lipinski definition) is 4. The average Bonchev–Trinajstić information content (AvgIpc) is 3.05. The second-order valence-corrected chi connectivity index (χ2v) is 6.86. The minimum absolute atomic E-state index is 0.0643. The van der Waals surface area contributed by atoms with Crippen LogP contribution in [0.4, 0.5) is 18.9 Å². The van der Waals surface area contributed by atoms with Gasteiger partial charge in [-0.25, -0.2) is 0 Å². The Kier molecular flexibility index (Phi) is 5.72. The highest BCUT2D eigenvalue weighted by molar-refractivity contribution is 5.79. The summed E-state index contributed by atoms with van der Waals surface area (Å²) in [6, 6.07) is 4.07. The van der Waals surface area contributed by atoms with Crippen LogP contribution in [0, 0.1) is 5.92 Å². The predicted octanol–water partition coefficient (Wildman–Crippen LogP) is 2.29. The highest BCUT2D eigenvalue weighted by atomic mass is 19.4. The van der Waals surface area contributed by atoms with Crippen LogP contribution >= 0.6 is 0 Å². The van der Waals surface area contributed by atoms with Gasteiger partial charge >= 0.3 is 6.18 Å². The van der Waals surface area contributed by atoms with Gasteiger partial charge in [-0.15, -0.1) is 0 Å². The summed E-state index contributed by atoms with van der Waals surface area (Å²) in [7, 11) is 0. The van der Waals surface area contributed by atoms with E-state index in [-0.39, 0.29) is 30.0 Å². The van der Waals surface area contributed by atoms with Gasteiger partial charge in [0.1, 0.15) is 0 Å². The second kappa shape index (κ2) is 7.84. The molecule has 1 heterocycles. The minimum Gasteiger partial charge on any atom is -0.378 e. The van der Waals surface area contributed by atoms with Crippen LogP contribution < -0.4 is 16.0 Å². The molecule has 0 radical (unpaired) electrons. The summed E-state index contributed by atoms with van der Waals surface area (Å²) in [6.07, 6.45) is -2.14. The van der Waals surface area contributed by atoms with Crippen LogP contribution in [0.5, 0.6) is 0 Å². The Balaban J connectivity index is 1.74. The van der Waals surface area contributed by atoms with Gasteiger partial charge < -0.3 is 20.7 Å². The molecular weight excluding hydrogens is 347 g/mol. The Hall–Kier alpha value is -1.80. The van der Waals surface area contributed by atoms with Gasteiger partial charge in [-0.05, 0) is 30.5 Å². The number of benzene rings is 1. The van der Waals surface area contributed by atoms with E-state index >= 15 is 0 Å². The van der Waals surface area contributed by atoms with E-state index in [9.17, 15) is 18.0 Å². The maximum Gasteiger partial charge on any atom is 0.416 e. The number of nitrogens with one attached hydrogen (secondary N) is 1. The zero-order valence-electron chi connectivity index (χ0n) is 14.5. The third-order valence-corrected chi connectivity index (χ3v) is 5.13. The first kappa shape index (κ1) is 19.0. The average molecular weight is 371 g/mol. The van der Waals surface area contributed by atoms with Crippen LogP contribution in [0.1, 0.15) is 30.4 Å². The fourth-order valence-corrected chi connectivity index (χ4v) is 3.63. The van der Waals surface area contributed by atoms with Crippen molar-refractivity contribution in [3.63, 3.8) is 0 Å². The summed E-state index contributed by atoms with van der Waals surface area (Å²) in [5.74, 6) is -0.572. The number of hydrogen-bond donors (Lipinski definition) is 2. The zero-order chi connectivity index (χ0) is 18.7. The summed E-state index contributed by atoms with van der Waals surface area (Å²) in [5.41, 5.74) is 5.77. The van der Waals surface area contributed by atoms with Crippen molar-refractivity contribution < 1.29 is 22.7 Å². The maximum absolute atomic E-state index is 13.5. The molecule has 1 aromatic rings. The third kappa shape index (κ3) is 4.29. The third-order valence-electron chi connectivity index (χ3n) is 5.13. The van der Waals surface area contributed by atoms with E-state index in [2.05, 4.69) is 5.32 Å². The number of nitrogens with two attached hydrogens (primary N) is 1. The van der Waals surface area contributed by atoms with E-state index in [0.29, 0.717) is 38.4 Å². The number of ether oxygens (including phenoxy) is 1. The van der Waals surface area contributed by atoms with Crippen molar-refractivity contribution in [3.05, 3.63) is 29.3 Å². The molecule has 8 heteroatoms. The molecule has 1 aliphatic heterocycles. The van der Waals surface area contributed by atoms with Gasteiger partial charge in [-0.3, -0.25) is 4.79 Å². The Morgan fingerprint density at radius 2 is 2.00 bits per heavy atom. The number of rotatable bonds is 4. The number of carbonyl (C=O) groups excluding carboxylic acids is 1. The quantitative estimate of drug-likeness (QED) is 0.852. The van der Waals surface area contributed by atoms with Crippen molar-refractivity contribution in [2.75, 3.05) is 31.2 Å². The van der Waals surface area contributed by atoms with Gasteiger partial charge in [0.15, 0.2) is 0 Å². The Bertz CT molecular complexity index is 645. The van der Waals surface area contributed by atoms with Crippen LogP contribution in [0.15, 0.2) is 18.2 Å². The van der Waals surface area contributed by atoms with E-state index in [1.807, 2.05) is 4.90 Å². The first-order chi connectivity index (χ1) is 12.4. The molecule has 2 unspecified atom stereocenters. The molecular formula is C18H24F3N3O2. The monoisotopic (exact) mass is 371 g/mol. The molecule has 0 spiro atoms. The van der Waals surface area contributed by atoms with Gasteiger partial charge in [0.2, 0.25) is 5.91 Å². The molecule has 0 bridgehead atoms. The molecule has 1 aromatic carbocycles. The van der Waals surface area contributed by atoms with Gasteiger partial charge in [0.25, 0.3) is 0 Å². The molecule has 26 heavy (non-hydrogen) atoms. The lowest BCUT2D eigenvalue weighted by Gasteiger charge is -2.29. The molecule has 2 aliphatic rings. The highest BCUT2D eigenvalue weighted by Crippen LogP contribution is 2.35. The number of alkyl halides is 3. The van der Waals surface area contributed by atoms with Crippen molar-refractivity contribution >= 4 is 11.6 Å². The lowest BCUT2D eigenvalue weighted by Crippen LogP contribution is -2.38. The summed E-state index contributed by atoms with van der Waals surface area (Å²) in [4.78, 5) is 14.1. The number of morpholine rings is 1. The Morgan fingerprint density at radius 3 is 2.62 bits per heavy atom. The minimum atomic E-state index is -4.48. The SMILES string of the molecule is NC1CCCC1C(=O)NCc1ccc(N2CCOCC2)cc1C(F)(F)F. The normalized spacial score (nSPS) is 23.9. The van der Waals surface area contributed by atoms with Gasteiger partial charge in [0.05, 0.1) is 24.7 Å². The fourth-order valence-electron chi connectivity index (χ4n) is 3.63. The summed E-state index contributed by atoms with van der Waals surface area (Å²) >= 11 is 0. The number of amides is 1. The van der Waals surface area contributed by atoms with Crippen LogP contribution in [-0.2, 0) is 22.3 Å². The summed E-state index contributed by atoms with van der Waals surface area (Å²) in [6.45, 7) is 1.97. The van der Waals surface area contributed by atoms with Gasteiger partial charge in [-0.2, -0.15) is 13.2 Å². The maximum atomic E-state index is 13.5. The van der Waals surface area contributed by atoms with Crippen molar-refractivity contribution in [2.45, 2.75) is 38.0 Å². The van der Waals surface area contributed by atoms with Crippen molar-refractivity contribution in [1.82, 2.24) is 5.32 Å². The lowest BCUT2D eigenvalue weighted by molar-refractivity contribution is -0.138. The molecule has 3 N–H and O–H groups in total. The van der Waals surface area contributed by atoms with E-state index < -0.39 is 11.7 Å².